The largest absolute Gasteiger partial charge is 0.394 e. The van der Waals surface area contributed by atoms with Gasteiger partial charge in [-0.05, 0) is 42.5 Å². The van der Waals surface area contributed by atoms with Crippen LogP contribution in [0.25, 0.3) is 0 Å². The first-order chi connectivity index (χ1) is 12.5. The van der Waals surface area contributed by atoms with Gasteiger partial charge in [-0.1, -0.05) is 44.0 Å². The Morgan fingerprint density at radius 3 is 2.35 bits per heavy atom. The molecule has 0 aliphatic carbocycles. The summed E-state index contributed by atoms with van der Waals surface area (Å²) in [6, 6.07) is 6.40. The third-order valence-electron chi connectivity index (χ3n) is 3.98. The van der Waals surface area contributed by atoms with Gasteiger partial charge >= 0.3 is 0 Å². The first-order valence-electron chi connectivity index (χ1n) is 8.82. The molecule has 0 aliphatic rings. The van der Waals surface area contributed by atoms with Crippen LogP contribution >= 0.6 is 11.9 Å². The van der Waals surface area contributed by atoms with Crippen molar-refractivity contribution in [3.05, 3.63) is 41.6 Å². The van der Waals surface area contributed by atoms with Crippen molar-refractivity contribution in [1.29, 1.82) is 5.41 Å². The maximum atomic E-state index is 8.50. The zero-order chi connectivity index (χ0) is 19.5. The number of nitrogens with zero attached hydrogens (tertiary/aromatic N) is 3. The average Bonchev–Trinajstić information content (AvgIpc) is 2.67. The van der Waals surface area contributed by atoms with Gasteiger partial charge in [0.2, 0.25) is 0 Å². The summed E-state index contributed by atoms with van der Waals surface area (Å²) in [6.45, 7) is 4.91. The van der Waals surface area contributed by atoms with Crippen molar-refractivity contribution in [1.82, 2.24) is 15.0 Å². The summed E-state index contributed by atoms with van der Waals surface area (Å²) >= 11 is 1.54. The summed E-state index contributed by atoms with van der Waals surface area (Å²) in [5, 5.41) is 17.9. The lowest BCUT2D eigenvalue weighted by Gasteiger charge is -2.27. The smallest absolute Gasteiger partial charge is 0.178 e. The predicted molar refractivity (Wildman–Crippen MR) is 116 cm³/mol. The van der Waals surface area contributed by atoms with Crippen LogP contribution < -0.4 is 14.9 Å². The van der Waals surface area contributed by atoms with Gasteiger partial charge in [-0.25, -0.2) is 4.72 Å². The van der Waals surface area contributed by atoms with Gasteiger partial charge in [0.1, 0.15) is 5.71 Å². The highest BCUT2D eigenvalue weighted by atomic mass is 32.2. The van der Waals surface area contributed by atoms with E-state index in [0.29, 0.717) is 18.2 Å². The number of benzene rings is 1. The van der Waals surface area contributed by atoms with Crippen LogP contribution in [0.5, 0.6) is 0 Å². The van der Waals surface area contributed by atoms with Crippen molar-refractivity contribution in [2.45, 2.75) is 26.7 Å². The molecule has 0 aromatic heterocycles. The van der Waals surface area contributed by atoms with Crippen LogP contribution in [0.15, 0.2) is 35.6 Å². The van der Waals surface area contributed by atoms with E-state index in [1.807, 2.05) is 37.3 Å². The number of aryl methyl sites for hydroxylation is 2. The molecular formula is C19H32N6S. The fourth-order valence-corrected chi connectivity index (χ4v) is 2.97. The van der Waals surface area contributed by atoms with Crippen LogP contribution in [0.3, 0.4) is 0 Å². The van der Waals surface area contributed by atoms with Crippen LogP contribution in [-0.4, -0.2) is 50.6 Å². The van der Waals surface area contributed by atoms with Crippen molar-refractivity contribution in [3.8, 4) is 0 Å². The topological polar surface area (TPSA) is 66.8 Å². The highest BCUT2D eigenvalue weighted by Crippen LogP contribution is 2.26. The van der Waals surface area contributed by atoms with Gasteiger partial charge in [0.25, 0.3) is 0 Å². The minimum absolute atomic E-state index is 0.353. The lowest BCUT2D eigenvalue weighted by Crippen LogP contribution is -2.37. The average molecular weight is 377 g/mol. The van der Waals surface area contributed by atoms with E-state index in [-0.39, 0.29) is 0 Å². The number of hydrogen-bond acceptors (Lipinski definition) is 6. The molecule has 0 spiro atoms. The molecule has 26 heavy (non-hydrogen) atoms. The van der Waals surface area contributed by atoms with Gasteiger partial charge in [-0.3, -0.25) is 10.4 Å². The molecule has 0 heterocycles. The summed E-state index contributed by atoms with van der Waals surface area (Å²) in [6.07, 6.45) is 7.33. The van der Waals surface area contributed by atoms with Gasteiger partial charge in [0.15, 0.2) is 5.84 Å². The first-order valence-corrected chi connectivity index (χ1v) is 10.0. The first kappa shape index (κ1) is 22.1. The Labute approximate surface area is 162 Å². The Balaban J connectivity index is 3.36. The van der Waals surface area contributed by atoms with Gasteiger partial charge in [-0.2, -0.15) is 5.10 Å². The highest BCUT2D eigenvalue weighted by molar-refractivity contribution is 7.96. The second-order valence-corrected chi connectivity index (χ2v) is 6.51. The van der Waals surface area contributed by atoms with E-state index in [2.05, 4.69) is 42.1 Å². The quantitative estimate of drug-likeness (QED) is 0.193. The van der Waals surface area contributed by atoms with Crippen LogP contribution in [0, 0.1) is 5.41 Å². The summed E-state index contributed by atoms with van der Waals surface area (Å²) in [5.41, 5.74) is 4.01. The number of para-hydroxylation sites is 1. The van der Waals surface area contributed by atoms with Gasteiger partial charge in [-0.15, -0.1) is 0 Å². The molecule has 6 nitrogen and oxygen atoms in total. The van der Waals surface area contributed by atoms with Gasteiger partial charge in [0, 0.05) is 26.8 Å². The molecule has 1 rings (SSSR count). The lowest BCUT2D eigenvalue weighted by molar-refractivity contribution is 0.354. The van der Waals surface area contributed by atoms with E-state index >= 15 is 0 Å². The number of nitrogens with one attached hydrogen (secondary N) is 3. The molecule has 0 atom stereocenters. The zero-order valence-corrected chi connectivity index (χ0v) is 17.6. The minimum atomic E-state index is 0.353. The Bertz CT molecular complexity index is 619. The molecule has 0 unspecified atom stereocenters. The molecule has 1 aromatic rings. The molecule has 7 heteroatoms. The molecule has 0 aliphatic heterocycles. The van der Waals surface area contributed by atoms with Crippen molar-refractivity contribution in [2.24, 2.45) is 5.10 Å². The SMILES string of the molecule is CCc1cccc(CC)c1N(C)/C(=N\N(C)CNSC)C(=N)/C=C\NC. The lowest BCUT2D eigenvalue weighted by atomic mass is 10.0. The molecule has 0 saturated heterocycles. The Kier molecular flexibility index (Phi) is 9.83. The summed E-state index contributed by atoms with van der Waals surface area (Å²) in [5.74, 6) is 0.609. The van der Waals surface area contributed by atoms with E-state index in [9.17, 15) is 0 Å². The van der Waals surface area contributed by atoms with Gasteiger partial charge in [0.05, 0.1) is 6.67 Å². The third-order valence-corrected chi connectivity index (χ3v) is 4.40. The fourth-order valence-electron chi connectivity index (χ4n) is 2.65. The van der Waals surface area contributed by atoms with Crippen LogP contribution in [-0.2, 0) is 12.8 Å². The molecule has 0 saturated carbocycles. The van der Waals surface area contributed by atoms with Crippen LogP contribution in [0.2, 0.25) is 0 Å². The molecular weight excluding hydrogens is 344 g/mol. The Morgan fingerprint density at radius 1 is 1.23 bits per heavy atom. The number of amidine groups is 1. The standard InChI is InChI=1S/C19H32N6S/c1-7-15-10-9-11-16(8-2)18(15)25(5)19(17(20)12-13-21-3)23-24(4)14-22-26-6/h9-13,20-22H,7-8,14H2,1-6H3/b13-12-,20-17?,23-19-. The van der Waals surface area contributed by atoms with E-state index in [4.69, 9.17) is 10.5 Å². The minimum Gasteiger partial charge on any atom is -0.394 e. The second kappa shape index (κ2) is 11.6. The number of rotatable bonds is 10. The van der Waals surface area contributed by atoms with Gasteiger partial charge < -0.3 is 10.2 Å². The second-order valence-electron chi connectivity index (χ2n) is 5.81. The Morgan fingerprint density at radius 2 is 1.85 bits per heavy atom. The van der Waals surface area contributed by atoms with Crippen molar-refractivity contribution >= 4 is 29.2 Å². The molecule has 0 bridgehead atoms. The number of hydrazone groups is 1. The zero-order valence-electron chi connectivity index (χ0n) is 16.8. The normalized spacial score (nSPS) is 11.7. The maximum absolute atomic E-state index is 8.50. The van der Waals surface area contributed by atoms with E-state index in [1.54, 1.807) is 24.2 Å². The maximum Gasteiger partial charge on any atom is 0.178 e. The van der Waals surface area contributed by atoms with Crippen molar-refractivity contribution < 1.29 is 0 Å². The van der Waals surface area contributed by atoms with E-state index < -0.39 is 0 Å². The van der Waals surface area contributed by atoms with Crippen LogP contribution in [0.1, 0.15) is 25.0 Å². The van der Waals surface area contributed by atoms with Crippen molar-refractivity contribution in [2.75, 3.05) is 39.0 Å². The molecule has 0 amide bonds. The molecule has 0 fully saturated rings. The number of hydrogen-bond donors (Lipinski definition) is 3. The number of anilines is 1. The van der Waals surface area contributed by atoms with Crippen LogP contribution in [0.4, 0.5) is 5.69 Å². The summed E-state index contributed by atoms with van der Waals surface area (Å²) in [4.78, 5) is 2.04. The molecule has 1 aromatic carbocycles. The van der Waals surface area contributed by atoms with E-state index in [1.165, 1.54) is 11.1 Å². The summed E-state index contributed by atoms with van der Waals surface area (Å²) < 4.78 is 3.18. The fraction of sp³-hybridized carbons (Fsp3) is 0.474. The van der Waals surface area contributed by atoms with Crippen molar-refractivity contribution in [3.63, 3.8) is 0 Å². The summed E-state index contributed by atoms with van der Waals surface area (Å²) in [7, 11) is 5.71. The monoisotopic (exact) mass is 376 g/mol. The molecule has 3 N–H and O–H groups in total. The Hall–Kier alpha value is -1.99. The third kappa shape index (κ3) is 6.07. The van der Waals surface area contributed by atoms with E-state index in [0.717, 1.165) is 18.5 Å². The highest BCUT2D eigenvalue weighted by Gasteiger charge is 2.19. The molecule has 144 valence electrons. The molecule has 0 radical (unpaired) electrons. The predicted octanol–water partition coefficient (Wildman–Crippen LogP) is 3.07.